The van der Waals surface area contributed by atoms with Crippen LogP contribution in [0.15, 0.2) is 36.4 Å². The Hall–Kier alpha value is -3.29. The van der Waals surface area contributed by atoms with Crippen LogP contribution in [0, 0.1) is 5.41 Å². The number of phenols is 1. The van der Waals surface area contributed by atoms with Crippen molar-refractivity contribution in [3.63, 3.8) is 0 Å². The third kappa shape index (κ3) is 3.22. The highest BCUT2D eigenvalue weighted by Crippen LogP contribution is 2.42. The van der Waals surface area contributed by atoms with Crippen molar-refractivity contribution in [2.45, 2.75) is 26.4 Å². The zero-order valence-corrected chi connectivity index (χ0v) is 17.3. The molecule has 0 unspecified atom stereocenters. The number of rotatable bonds is 2. The molecule has 1 spiro atoms. The number of H-pyrrole nitrogens is 1. The second-order valence-electron chi connectivity index (χ2n) is 9.40. The van der Waals surface area contributed by atoms with Crippen molar-refractivity contribution in [2.75, 3.05) is 31.1 Å². The molecule has 4 heterocycles. The Balaban J connectivity index is 1.26. The van der Waals surface area contributed by atoms with E-state index in [1.165, 1.54) is 0 Å². The van der Waals surface area contributed by atoms with Gasteiger partial charge in [0, 0.05) is 42.5 Å². The van der Waals surface area contributed by atoms with Crippen molar-refractivity contribution < 1.29 is 14.6 Å². The molecular formula is C22H25N5O3. The molecule has 3 aromatic rings. The summed E-state index contributed by atoms with van der Waals surface area (Å²) in [5.41, 5.74) is 1.70. The number of carbonyl (C=O) groups is 1. The normalized spacial score (nSPS) is 17.7. The fraction of sp³-hybridized carbons (Fsp3) is 0.409. The second-order valence-corrected chi connectivity index (χ2v) is 9.40. The number of phenolic OH excluding ortho intramolecular Hbond substituents is 1. The highest BCUT2D eigenvalue weighted by atomic mass is 16.6. The van der Waals surface area contributed by atoms with Crippen LogP contribution in [0.5, 0.6) is 5.75 Å². The molecule has 0 bridgehead atoms. The Morgan fingerprint density at radius 1 is 1.13 bits per heavy atom. The Bertz CT molecular complexity index is 1120. The van der Waals surface area contributed by atoms with Crippen molar-refractivity contribution in [2.24, 2.45) is 5.41 Å². The van der Waals surface area contributed by atoms with Crippen molar-refractivity contribution >= 4 is 22.9 Å². The lowest BCUT2D eigenvalue weighted by Crippen LogP contribution is -2.73. The first-order valence-electron chi connectivity index (χ1n) is 10.1. The van der Waals surface area contributed by atoms with Crippen molar-refractivity contribution in [1.29, 1.82) is 0 Å². The molecule has 8 heteroatoms. The molecule has 0 aliphatic carbocycles. The van der Waals surface area contributed by atoms with E-state index in [-0.39, 0.29) is 17.3 Å². The number of anilines is 1. The molecule has 2 saturated heterocycles. The van der Waals surface area contributed by atoms with Crippen LogP contribution in [0.3, 0.4) is 0 Å². The lowest BCUT2D eigenvalue weighted by molar-refractivity contribution is -0.0454. The highest BCUT2D eigenvalue weighted by molar-refractivity contribution is 5.84. The molecule has 0 saturated carbocycles. The van der Waals surface area contributed by atoms with Crippen LogP contribution < -0.4 is 4.90 Å². The van der Waals surface area contributed by atoms with Gasteiger partial charge in [0.15, 0.2) is 5.65 Å². The molecule has 156 valence electrons. The third-order valence-electron chi connectivity index (χ3n) is 5.64. The molecule has 2 aliphatic heterocycles. The third-order valence-corrected chi connectivity index (χ3v) is 5.64. The molecule has 2 aromatic heterocycles. The summed E-state index contributed by atoms with van der Waals surface area (Å²) in [4.78, 5) is 19.5. The first-order valence-corrected chi connectivity index (χ1v) is 10.1. The molecular weight excluding hydrogens is 382 g/mol. The summed E-state index contributed by atoms with van der Waals surface area (Å²) in [6, 6.07) is 11.1. The van der Waals surface area contributed by atoms with Gasteiger partial charge in [0.1, 0.15) is 17.2 Å². The zero-order valence-electron chi connectivity index (χ0n) is 17.3. The van der Waals surface area contributed by atoms with Crippen molar-refractivity contribution in [3.05, 3.63) is 36.4 Å². The number of hydrogen-bond acceptors (Lipinski definition) is 6. The predicted molar refractivity (Wildman–Crippen MR) is 113 cm³/mol. The first-order chi connectivity index (χ1) is 14.2. The molecule has 0 radical (unpaired) electrons. The van der Waals surface area contributed by atoms with Gasteiger partial charge in [0.2, 0.25) is 0 Å². The number of amides is 1. The van der Waals surface area contributed by atoms with Gasteiger partial charge in [-0.25, -0.2) is 4.79 Å². The summed E-state index contributed by atoms with van der Waals surface area (Å²) in [5.74, 6) is 1.18. The van der Waals surface area contributed by atoms with Gasteiger partial charge in [-0.15, -0.1) is 10.2 Å². The molecule has 1 aromatic carbocycles. The molecule has 2 N–H and O–H groups in total. The summed E-state index contributed by atoms with van der Waals surface area (Å²) in [5, 5.41) is 19.6. The maximum Gasteiger partial charge on any atom is 0.410 e. The lowest BCUT2D eigenvalue weighted by Gasteiger charge is -2.60. The van der Waals surface area contributed by atoms with Crippen LogP contribution in [0.25, 0.3) is 22.3 Å². The van der Waals surface area contributed by atoms with Gasteiger partial charge in [-0.05, 0) is 45.0 Å². The Morgan fingerprint density at radius 3 is 2.57 bits per heavy atom. The molecule has 30 heavy (non-hydrogen) atoms. The highest BCUT2D eigenvalue weighted by Gasteiger charge is 2.54. The number of benzene rings is 1. The number of likely N-dealkylation sites (tertiary alicyclic amines) is 1. The van der Waals surface area contributed by atoms with Gasteiger partial charge < -0.3 is 24.6 Å². The standard InChI is InChI=1S/C22H25N5O3/c1-21(2,3)30-20(29)27-12-22(13-27)10-26(11-22)18-9-14-8-16(24-25-19(14)23-18)15-6-4-5-7-17(15)28/h4-9,28H,10-13H2,1-3H3,(H,23,25). The Kier molecular flexibility index (Phi) is 3.96. The maximum atomic E-state index is 12.2. The average Bonchev–Trinajstić information content (AvgIpc) is 3.01. The van der Waals surface area contributed by atoms with Gasteiger partial charge in [0.05, 0.1) is 5.69 Å². The van der Waals surface area contributed by atoms with Crippen LogP contribution in [0.2, 0.25) is 0 Å². The van der Waals surface area contributed by atoms with E-state index in [1.807, 2.05) is 39.0 Å². The topological polar surface area (TPSA) is 94.6 Å². The van der Waals surface area contributed by atoms with Crippen molar-refractivity contribution in [3.8, 4) is 17.0 Å². The SMILES string of the molecule is CC(C)(C)OC(=O)N1CC2(C1)CN(c1cc3cc(-c4ccccc4O)nnc3[nH]1)C2. The van der Waals surface area contributed by atoms with E-state index in [4.69, 9.17) is 4.74 Å². The van der Waals surface area contributed by atoms with Crippen LogP contribution in [0.1, 0.15) is 20.8 Å². The van der Waals surface area contributed by atoms with E-state index in [9.17, 15) is 9.90 Å². The van der Waals surface area contributed by atoms with Crippen LogP contribution in [0.4, 0.5) is 10.6 Å². The number of carbonyl (C=O) groups excluding carboxylic acids is 1. The Labute approximate surface area is 174 Å². The summed E-state index contributed by atoms with van der Waals surface area (Å²) >= 11 is 0. The average molecular weight is 407 g/mol. The summed E-state index contributed by atoms with van der Waals surface area (Å²) in [7, 11) is 0. The fourth-order valence-corrected chi connectivity index (χ4v) is 4.26. The van der Waals surface area contributed by atoms with Crippen LogP contribution in [-0.2, 0) is 4.74 Å². The monoisotopic (exact) mass is 407 g/mol. The fourth-order valence-electron chi connectivity index (χ4n) is 4.26. The molecule has 8 nitrogen and oxygen atoms in total. The van der Waals surface area contributed by atoms with E-state index in [2.05, 4.69) is 26.1 Å². The quantitative estimate of drug-likeness (QED) is 0.676. The number of aromatic amines is 1. The second kappa shape index (κ2) is 6.35. The number of nitrogens with one attached hydrogen (secondary N) is 1. The van der Waals surface area contributed by atoms with Gasteiger partial charge in [0.25, 0.3) is 0 Å². The largest absolute Gasteiger partial charge is 0.507 e. The van der Waals surface area contributed by atoms with Crippen LogP contribution >= 0.6 is 0 Å². The van der Waals surface area contributed by atoms with E-state index < -0.39 is 5.60 Å². The maximum absolute atomic E-state index is 12.2. The minimum atomic E-state index is -0.466. The van der Waals surface area contributed by atoms with E-state index >= 15 is 0 Å². The smallest absolute Gasteiger partial charge is 0.410 e. The Morgan fingerprint density at radius 2 is 1.87 bits per heavy atom. The number of nitrogens with zero attached hydrogens (tertiary/aromatic N) is 4. The summed E-state index contributed by atoms with van der Waals surface area (Å²) in [6.45, 7) is 8.89. The molecule has 2 fully saturated rings. The van der Waals surface area contributed by atoms with E-state index in [0.717, 1.165) is 37.4 Å². The predicted octanol–water partition coefficient (Wildman–Crippen LogP) is 3.39. The van der Waals surface area contributed by atoms with Gasteiger partial charge in [-0.1, -0.05) is 12.1 Å². The van der Waals surface area contributed by atoms with Crippen molar-refractivity contribution in [1.82, 2.24) is 20.1 Å². The molecule has 5 rings (SSSR count). The molecule has 2 aliphatic rings. The number of fused-ring (bicyclic) bond motifs is 1. The summed E-state index contributed by atoms with van der Waals surface area (Å²) < 4.78 is 5.45. The zero-order chi connectivity index (χ0) is 21.1. The van der Waals surface area contributed by atoms with Gasteiger partial charge in [-0.3, -0.25) is 0 Å². The number of aromatic hydroxyl groups is 1. The minimum absolute atomic E-state index is 0.154. The molecule has 1 amide bonds. The number of aromatic nitrogens is 3. The van der Waals surface area contributed by atoms with Gasteiger partial charge in [-0.2, -0.15) is 0 Å². The summed E-state index contributed by atoms with van der Waals surface area (Å²) in [6.07, 6.45) is -0.232. The number of ether oxygens (including phenoxy) is 1. The lowest BCUT2D eigenvalue weighted by atomic mass is 9.73. The number of hydrogen-bond donors (Lipinski definition) is 2. The molecule has 0 atom stereocenters. The van der Waals surface area contributed by atoms with E-state index in [1.54, 1.807) is 17.0 Å². The van der Waals surface area contributed by atoms with Gasteiger partial charge >= 0.3 is 6.09 Å². The van der Waals surface area contributed by atoms with Crippen LogP contribution in [-0.4, -0.2) is 63.1 Å². The minimum Gasteiger partial charge on any atom is -0.507 e. The first kappa shape index (κ1) is 18.7. The van der Waals surface area contributed by atoms with E-state index in [0.29, 0.717) is 16.9 Å². The number of para-hydroxylation sites is 1.